The zero-order valence-corrected chi connectivity index (χ0v) is 16.4. The maximum Gasteiger partial charge on any atom is 0.229 e. The number of hydrogen-bond acceptors (Lipinski definition) is 4. The molecule has 0 saturated carbocycles. The van der Waals surface area contributed by atoms with E-state index in [4.69, 9.17) is 4.74 Å². The van der Waals surface area contributed by atoms with E-state index < -0.39 is 0 Å². The highest BCUT2D eigenvalue weighted by atomic mass is 16.5. The van der Waals surface area contributed by atoms with Crippen molar-refractivity contribution < 1.29 is 19.1 Å². The van der Waals surface area contributed by atoms with Gasteiger partial charge in [0.25, 0.3) is 0 Å². The molecular weight excluding hydrogens is 356 g/mol. The van der Waals surface area contributed by atoms with Gasteiger partial charge in [0.15, 0.2) is 0 Å². The van der Waals surface area contributed by atoms with E-state index in [-0.39, 0.29) is 35.8 Å². The van der Waals surface area contributed by atoms with Gasteiger partial charge in [0.05, 0.1) is 6.61 Å². The minimum atomic E-state index is -0.0401. The van der Waals surface area contributed by atoms with E-state index in [2.05, 4.69) is 0 Å². The van der Waals surface area contributed by atoms with Crippen molar-refractivity contribution in [2.75, 3.05) is 6.61 Å². The van der Waals surface area contributed by atoms with E-state index in [1.54, 1.807) is 0 Å². The van der Waals surface area contributed by atoms with E-state index in [0.717, 1.165) is 37.0 Å². The van der Waals surface area contributed by atoms with Crippen LogP contribution in [0.4, 0.5) is 0 Å². The van der Waals surface area contributed by atoms with Crippen LogP contribution in [0.3, 0.4) is 0 Å². The number of likely N-dealkylation sites (tertiary alicyclic amines) is 1. The minimum Gasteiger partial charge on any atom is -0.494 e. The second-order valence-electron chi connectivity index (χ2n) is 8.01. The minimum absolute atomic E-state index is 0.0252. The highest BCUT2D eigenvalue weighted by Crippen LogP contribution is 2.39. The first kappa shape index (κ1) is 19.0. The number of fused-ring (bicyclic) bond motifs is 2. The number of hydrogen-bond donors (Lipinski definition) is 0. The summed E-state index contributed by atoms with van der Waals surface area (Å²) in [5.74, 6) is 0.949. The van der Waals surface area contributed by atoms with Crippen LogP contribution in [0, 0.1) is 0 Å². The first-order chi connectivity index (χ1) is 13.6. The summed E-state index contributed by atoms with van der Waals surface area (Å²) < 4.78 is 5.67. The highest BCUT2D eigenvalue weighted by Gasteiger charge is 2.47. The molecule has 150 valence electrons. The molecule has 3 saturated heterocycles. The summed E-state index contributed by atoms with van der Waals surface area (Å²) in [7, 11) is 0. The van der Waals surface area contributed by atoms with Crippen LogP contribution < -0.4 is 4.74 Å². The third kappa shape index (κ3) is 3.52. The van der Waals surface area contributed by atoms with Crippen LogP contribution in [0.2, 0.25) is 0 Å². The van der Waals surface area contributed by atoms with Gasteiger partial charge < -0.3 is 9.64 Å². The van der Waals surface area contributed by atoms with E-state index in [1.807, 2.05) is 36.1 Å². The lowest BCUT2D eigenvalue weighted by molar-refractivity contribution is -0.144. The van der Waals surface area contributed by atoms with Gasteiger partial charge in [-0.25, -0.2) is 0 Å². The van der Waals surface area contributed by atoms with Crippen LogP contribution in [0.15, 0.2) is 24.3 Å². The lowest BCUT2D eigenvalue weighted by Gasteiger charge is -2.41. The number of carbonyl (C=O) groups is 3. The summed E-state index contributed by atoms with van der Waals surface area (Å²) in [5, 5.41) is 0. The largest absolute Gasteiger partial charge is 0.494 e. The van der Waals surface area contributed by atoms with Gasteiger partial charge in [-0.15, -0.1) is 0 Å². The average molecular weight is 384 g/mol. The monoisotopic (exact) mass is 384 g/mol. The van der Waals surface area contributed by atoms with Crippen LogP contribution in [-0.2, 0) is 20.8 Å². The Morgan fingerprint density at radius 3 is 2.32 bits per heavy atom. The fourth-order valence-electron chi connectivity index (χ4n) is 5.14. The van der Waals surface area contributed by atoms with Gasteiger partial charge in [0.2, 0.25) is 17.7 Å². The Morgan fingerprint density at radius 1 is 1.04 bits per heavy atom. The van der Waals surface area contributed by atoms with Crippen molar-refractivity contribution in [1.29, 1.82) is 0 Å². The molecule has 3 fully saturated rings. The maximum absolute atomic E-state index is 13.0. The Labute approximate surface area is 165 Å². The van der Waals surface area contributed by atoms with Crippen molar-refractivity contribution in [3.05, 3.63) is 29.8 Å². The molecule has 0 aliphatic carbocycles. The quantitative estimate of drug-likeness (QED) is 0.708. The van der Waals surface area contributed by atoms with Gasteiger partial charge in [-0.1, -0.05) is 18.2 Å². The molecule has 2 atom stereocenters. The predicted molar refractivity (Wildman–Crippen MR) is 104 cm³/mol. The number of piperidine rings is 1. The van der Waals surface area contributed by atoms with Crippen LogP contribution >= 0.6 is 0 Å². The van der Waals surface area contributed by atoms with Crippen molar-refractivity contribution in [1.82, 2.24) is 9.80 Å². The number of nitrogens with zero attached hydrogens (tertiary/aromatic N) is 2. The Morgan fingerprint density at radius 2 is 1.68 bits per heavy atom. The molecule has 0 aromatic heterocycles. The van der Waals surface area contributed by atoms with Gasteiger partial charge in [-0.2, -0.15) is 0 Å². The molecule has 3 heterocycles. The molecule has 0 N–H and O–H groups in total. The molecule has 2 bridgehead atoms. The second kappa shape index (κ2) is 7.94. The van der Waals surface area contributed by atoms with E-state index in [1.165, 1.54) is 4.90 Å². The zero-order chi connectivity index (χ0) is 19.7. The molecule has 6 heteroatoms. The normalized spacial score (nSPS) is 26.8. The van der Waals surface area contributed by atoms with Gasteiger partial charge in [0, 0.05) is 37.4 Å². The van der Waals surface area contributed by atoms with Crippen LogP contribution in [0.1, 0.15) is 57.4 Å². The van der Waals surface area contributed by atoms with Crippen molar-refractivity contribution in [2.45, 2.75) is 76.4 Å². The topological polar surface area (TPSA) is 66.9 Å². The van der Waals surface area contributed by atoms with Crippen LogP contribution in [-0.4, -0.2) is 52.3 Å². The molecule has 2 unspecified atom stereocenters. The average Bonchev–Trinajstić information content (AvgIpc) is 3.16. The summed E-state index contributed by atoms with van der Waals surface area (Å²) in [5.41, 5.74) is 1.06. The molecule has 3 amide bonds. The second-order valence-corrected chi connectivity index (χ2v) is 8.01. The number of aryl methyl sites for hydroxylation is 1. The molecule has 0 radical (unpaired) electrons. The lowest BCUT2D eigenvalue weighted by Crippen LogP contribution is -2.53. The number of amides is 3. The fourth-order valence-corrected chi connectivity index (χ4v) is 5.14. The molecular formula is C22H28N2O4. The molecule has 6 nitrogen and oxygen atoms in total. The van der Waals surface area contributed by atoms with Crippen molar-refractivity contribution >= 4 is 17.7 Å². The van der Waals surface area contributed by atoms with E-state index in [9.17, 15) is 14.4 Å². The molecule has 3 aliphatic heterocycles. The highest BCUT2D eigenvalue weighted by molar-refractivity contribution is 6.02. The van der Waals surface area contributed by atoms with Gasteiger partial charge in [0.1, 0.15) is 5.75 Å². The Balaban J connectivity index is 1.39. The Hall–Kier alpha value is -2.37. The molecule has 4 rings (SSSR count). The number of para-hydroxylation sites is 1. The first-order valence-corrected chi connectivity index (χ1v) is 10.4. The molecule has 1 aromatic rings. The maximum atomic E-state index is 13.0. The van der Waals surface area contributed by atoms with Crippen molar-refractivity contribution in [2.24, 2.45) is 0 Å². The molecule has 3 aliphatic rings. The summed E-state index contributed by atoms with van der Waals surface area (Å²) >= 11 is 0. The van der Waals surface area contributed by atoms with Gasteiger partial charge in [-0.3, -0.25) is 19.3 Å². The number of ether oxygens (including phenoxy) is 1. The standard InChI is InChI=1S/C22H28N2O4/c1-2-28-19-6-4-3-5-15(19)7-10-20(25)23-16-8-9-17(23)14-18(13-16)24-21(26)11-12-22(24)27/h3-6,16-18H,2,7-14H2,1H3. The number of carbonyl (C=O) groups excluding carboxylic acids is 3. The smallest absolute Gasteiger partial charge is 0.229 e. The van der Waals surface area contributed by atoms with Gasteiger partial charge in [-0.05, 0) is 50.7 Å². The third-order valence-corrected chi connectivity index (χ3v) is 6.33. The zero-order valence-electron chi connectivity index (χ0n) is 16.4. The van der Waals surface area contributed by atoms with Crippen LogP contribution in [0.5, 0.6) is 5.75 Å². The first-order valence-electron chi connectivity index (χ1n) is 10.4. The third-order valence-electron chi connectivity index (χ3n) is 6.33. The van der Waals surface area contributed by atoms with Crippen molar-refractivity contribution in [3.63, 3.8) is 0 Å². The number of rotatable bonds is 6. The summed E-state index contributed by atoms with van der Waals surface area (Å²) in [6, 6.07) is 8.16. The van der Waals surface area contributed by atoms with E-state index in [0.29, 0.717) is 32.3 Å². The molecule has 28 heavy (non-hydrogen) atoms. The Kier molecular flexibility index (Phi) is 5.38. The predicted octanol–water partition coefficient (Wildman–Crippen LogP) is 2.69. The molecule has 1 aromatic carbocycles. The van der Waals surface area contributed by atoms with Gasteiger partial charge >= 0.3 is 0 Å². The lowest BCUT2D eigenvalue weighted by atomic mass is 9.95. The SMILES string of the molecule is CCOc1ccccc1CCC(=O)N1C2CCC1CC(N1C(=O)CCC1=O)C2. The summed E-state index contributed by atoms with van der Waals surface area (Å²) in [6.45, 7) is 2.57. The Bertz CT molecular complexity index is 748. The van der Waals surface area contributed by atoms with E-state index >= 15 is 0 Å². The number of benzene rings is 1. The summed E-state index contributed by atoms with van der Waals surface area (Å²) in [4.78, 5) is 40.7. The summed E-state index contributed by atoms with van der Waals surface area (Å²) in [6.07, 6.45) is 5.21. The molecule has 0 spiro atoms. The number of imide groups is 1. The fraction of sp³-hybridized carbons (Fsp3) is 0.591. The van der Waals surface area contributed by atoms with Crippen molar-refractivity contribution in [3.8, 4) is 5.75 Å². The van der Waals surface area contributed by atoms with Crippen LogP contribution in [0.25, 0.3) is 0 Å².